The zero-order chi connectivity index (χ0) is 54.9. The summed E-state index contributed by atoms with van der Waals surface area (Å²) in [6.07, 6.45) is -25.9. The number of aliphatic hydroxyl groups is 15. The van der Waals surface area contributed by atoms with Gasteiger partial charge in [0, 0.05) is 19.3 Å². The second kappa shape index (κ2) is 25.4. The van der Waals surface area contributed by atoms with E-state index in [1.165, 1.54) is 0 Å². The molecule has 0 spiro atoms. The van der Waals surface area contributed by atoms with E-state index in [0.717, 1.165) is 37.7 Å². The van der Waals surface area contributed by atoms with Gasteiger partial charge < -0.3 is 114 Å². The van der Waals surface area contributed by atoms with Gasteiger partial charge in [0.1, 0.15) is 73.2 Å². The molecule has 24 heteroatoms. The minimum absolute atomic E-state index is 0.00128. The highest BCUT2D eigenvalue weighted by molar-refractivity contribution is 5.70. The van der Waals surface area contributed by atoms with Crippen LogP contribution in [0.3, 0.4) is 0 Å². The molecule has 7 rings (SSSR count). The molecule has 0 aromatic rings. The molecule has 7 aliphatic rings. The van der Waals surface area contributed by atoms with E-state index in [4.69, 9.17) is 37.9 Å². The van der Waals surface area contributed by atoms with E-state index in [1.54, 1.807) is 0 Å². The predicted molar refractivity (Wildman–Crippen MR) is 255 cm³/mol. The number of allylic oxidation sites excluding steroid dienone is 1. The molecule has 0 amide bonds. The third-order valence-corrected chi connectivity index (χ3v) is 18.2. The van der Waals surface area contributed by atoms with Crippen LogP contribution in [0, 0.1) is 34.0 Å². The summed E-state index contributed by atoms with van der Waals surface area (Å²) in [6.45, 7) is 7.65. The first-order valence-corrected chi connectivity index (χ1v) is 26.7. The average Bonchev–Trinajstić information content (AvgIpc) is 3.48. The van der Waals surface area contributed by atoms with E-state index in [1.807, 2.05) is 0 Å². The van der Waals surface area contributed by atoms with Crippen molar-refractivity contribution in [3.8, 4) is 0 Å². The first kappa shape index (κ1) is 61.0. The Morgan fingerprint density at radius 3 is 1.83 bits per heavy atom. The zero-order valence-electron chi connectivity index (χ0n) is 43.2. The van der Waals surface area contributed by atoms with Gasteiger partial charge in [-0.05, 0) is 85.4 Å². The molecule has 75 heavy (non-hydrogen) atoms. The first-order valence-electron chi connectivity index (χ1n) is 26.7. The highest BCUT2D eigenvalue weighted by Crippen LogP contribution is 2.68. The molecule has 0 aromatic carbocycles. The van der Waals surface area contributed by atoms with Gasteiger partial charge in [0.2, 0.25) is 6.29 Å². The summed E-state index contributed by atoms with van der Waals surface area (Å²) in [7, 11) is 0. The third kappa shape index (κ3) is 13.1. The van der Waals surface area contributed by atoms with Crippen LogP contribution in [-0.2, 0) is 42.7 Å². The van der Waals surface area contributed by atoms with Crippen molar-refractivity contribution in [1.29, 1.82) is 0 Å². The quantitative estimate of drug-likeness (QED) is 0.0445. The van der Waals surface area contributed by atoms with Crippen LogP contribution in [0.5, 0.6) is 0 Å². The normalized spacial score (nSPS) is 47.9. The van der Waals surface area contributed by atoms with Crippen LogP contribution in [0.15, 0.2) is 12.2 Å². The van der Waals surface area contributed by atoms with Crippen LogP contribution in [0.25, 0.3) is 0 Å². The third-order valence-electron chi connectivity index (χ3n) is 18.2. The van der Waals surface area contributed by atoms with Crippen molar-refractivity contribution in [2.45, 2.75) is 233 Å². The number of carbonyl (C=O) groups excluding carboxylic acids is 1. The lowest BCUT2D eigenvalue weighted by Crippen LogP contribution is -2.66. The maximum Gasteiger partial charge on any atom is 0.308 e. The van der Waals surface area contributed by atoms with Crippen LogP contribution >= 0.6 is 0 Å². The highest BCUT2D eigenvalue weighted by atomic mass is 16.8. The van der Waals surface area contributed by atoms with Gasteiger partial charge in [-0.2, -0.15) is 0 Å². The van der Waals surface area contributed by atoms with Crippen molar-refractivity contribution < 1.29 is 119 Å². The Morgan fingerprint density at radius 2 is 1.20 bits per heavy atom. The van der Waals surface area contributed by atoms with Crippen LogP contribution < -0.4 is 0 Å². The SMILES string of the molecule is C=C1C[C@@]2(C)CC[C@@H]3[C@](C)(CC(=O)OC4OC(CO)C(O)C(OC5OC(CO)C(O)C(O)C5O)C4OC4OC(CO)C(O)CC4O)CCC[C@@]3(C)[C@@H]2CC[C@@H]1CC(CC(O)C(O)CO)OC1OC(CO)C(O)CC1O. The number of hydrogen-bond donors (Lipinski definition) is 15. The molecular weight excluding hydrogens is 997 g/mol. The second-order valence-corrected chi connectivity index (χ2v) is 23.4. The summed E-state index contributed by atoms with van der Waals surface area (Å²) in [5, 5.41) is 157. The van der Waals surface area contributed by atoms with Crippen molar-refractivity contribution in [2.75, 3.05) is 33.0 Å². The Balaban J connectivity index is 1.10. The van der Waals surface area contributed by atoms with E-state index in [2.05, 4.69) is 27.4 Å². The van der Waals surface area contributed by atoms with E-state index in [9.17, 15) is 81.4 Å². The maximum absolute atomic E-state index is 14.6. The molecule has 3 aliphatic carbocycles. The van der Waals surface area contributed by atoms with E-state index < -0.39 is 173 Å². The largest absolute Gasteiger partial charge is 0.433 e. The Hall–Kier alpha value is -1.67. The lowest BCUT2D eigenvalue weighted by Gasteiger charge is -2.63. The van der Waals surface area contributed by atoms with Gasteiger partial charge >= 0.3 is 5.97 Å². The van der Waals surface area contributed by atoms with Crippen LogP contribution in [0.1, 0.15) is 104 Å². The molecular formula is C51H86O24. The molecule has 434 valence electrons. The van der Waals surface area contributed by atoms with Crippen LogP contribution in [-0.4, -0.2) is 245 Å². The number of rotatable bonds is 19. The zero-order valence-corrected chi connectivity index (χ0v) is 43.2. The van der Waals surface area contributed by atoms with Crippen LogP contribution in [0.2, 0.25) is 0 Å². The molecule has 24 nitrogen and oxygen atoms in total. The number of ether oxygens (including phenoxy) is 8. The van der Waals surface area contributed by atoms with E-state index in [0.29, 0.717) is 25.7 Å². The average molecular weight is 1080 g/mol. The number of hydrogen-bond acceptors (Lipinski definition) is 24. The molecule has 0 bridgehead atoms. The molecule has 4 heterocycles. The molecule has 4 aliphatic heterocycles. The lowest BCUT2D eigenvalue weighted by molar-refractivity contribution is -0.383. The summed E-state index contributed by atoms with van der Waals surface area (Å²) in [4.78, 5) is 14.6. The molecule has 21 unspecified atom stereocenters. The Labute approximate surface area is 436 Å². The Morgan fingerprint density at radius 1 is 0.627 bits per heavy atom. The fourth-order valence-corrected chi connectivity index (χ4v) is 14.2. The van der Waals surface area contributed by atoms with E-state index in [-0.39, 0.29) is 54.3 Å². The number of fused-ring (bicyclic) bond motifs is 3. The summed E-state index contributed by atoms with van der Waals surface area (Å²) < 4.78 is 47.6. The van der Waals surface area contributed by atoms with Gasteiger partial charge in [-0.25, -0.2) is 0 Å². The minimum Gasteiger partial charge on any atom is -0.433 e. The molecule has 15 N–H and O–H groups in total. The number of aliphatic hydroxyl groups excluding tert-OH is 15. The molecule has 27 atom stereocenters. The van der Waals surface area contributed by atoms with Crippen molar-refractivity contribution in [1.82, 2.24) is 0 Å². The fourth-order valence-electron chi connectivity index (χ4n) is 14.2. The smallest absolute Gasteiger partial charge is 0.308 e. The standard InChI is InChI=1S/C51H86O24/c1-23-16-50(3)11-8-37-49(2,9-5-10-51(37,4)36(50)7-6-24(23)12-25(13-26(57)31(62)18-52)68-45-29(60)14-27(58)32(19-53)69-45)17-38(63)73-48-44(75-46-30(61)15-28(59)33(20-54)70-46)43(40(65)35(22-56)72-48)74-47-42(67)41(66)39(64)34(21-55)71-47/h24-37,39-48,52-62,64-67H,1,5-22H2,2-4H3/t24-,25?,26?,27?,28?,29?,30?,31?,32?,33?,34?,35?,36-,37-,39?,40?,41?,42?,43?,44?,45?,46?,47?,48?,49+,50-,51+/m1/s1. The first-order chi connectivity index (χ1) is 35.4. The summed E-state index contributed by atoms with van der Waals surface area (Å²) in [5.41, 5.74) is -0.169. The minimum atomic E-state index is -1.96. The highest BCUT2D eigenvalue weighted by Gasteiger charge is 2.61. The van der Waals surface area contributed by atoms with Gasteiger partial charge in [0.25, 0.3) is 0 Å². The van der Waals surface area contributed by atoms with Crippen molar-refractivity contribution in [3.63, 3.8) is 0 Å². The molecule has 4 saturated heterocycles. The molecule has 0 radical (unpaired) electrons. The summed E-state index contributed by atoms with van der Waals surface area (Å²) >= 11 is 0. The monoisotopic (exact) mass is 1080 g/mol. The van der Waals surface area contributed by atoms with Crippen molar-refractivity contribution >= 4 is 5.97 Å². The van der Waals surface area contributed by atoms with Crippen molar-refractivity contribution in [2.24, 2.45) is 34.0 Å². The van der Waals surface area contributed by atoms with Gasteiger partial charge in [-0.3, -0.25) is 4.79 Å². The summed E-state index contributed by atoms with van der Waals surface area (Å²) in [5.74, 6) is -0.736. The predicted octanol–water partition coefficient (Wildman–Crippen LogP) is -3.31. The van der Waals surface area contributed by atoms with E-state index >= 15 is 0 Å². The Kier molecular flexibility index (Phi) is 20.7. The summed E-state index contributed by atoms with van der Waals surface area (Å²) in [6, 6.07) is 0. The van der Waals surface area contributed by atoms with Gasteiger partial charge in [0.15, 0.2) is 25.0 Å². The lowest BCUT2D eigenvalue weighted by atomic mass is 9.42. The maximum atomic E-state index is 14.6. The fraction of sp³-hybridized carbons (Fsp3) is 0.941. The molecule has 3 saturated carbocycles. The van der Waals surface area contributed by atoms with Gasteiger partial charge in [0.05, 0.1) is 63.9 Å². The molecule has 7 fully saturated rings. The Bertz CT molecular complexity index is 1850. The molecule has 0 aromatic heterocycles. The topological polar surface area (TPSA) is 394 Å². The second-order valence-electron chi connectivity index (χ2n) is 23.4. The van der Waals surface area contributed by atoms with Crippen LogP contribution in [0.4, 0.5) is 0 Å². The van der Waals surface area contributed by atoms with Gasteiger partial charge in [-0.1, -0.05) is 39.3 Å². The number of carbonyl (C=O) groups is 1. The van der Waals surface area contributed by atoms with Crippen molar-refractivity contribution in [3.05, 3.63) is 12.2 Å². The van der Waals surface area contributed by atoms with Gasteiger partial charge in [-0.15, -0.1) is 0 Å². The number of esters is 1.